The van der Waals surface area contributed by atoms with E-state index in [4.69, 9.17) is 11.6 Å². The fourth-order valence-electron chi connectivity index (χ4n) is 2.98. The number of alkyl halides is 1. The maximum absolute atomic E-state index is 6.19. The summed E-state index contributed by atoms with van der Waals surface area (Å²) in [6.45, 7) is 4.37. The van der Waals surface area contributed by atoms with Crippen molar-refractivity contribution in [1.82, 2.24) is 0 Å². The Kier molecular flexibility index (Phi) is 4.88. The van der Waals surface area contributed by atoms with Crippen LogP contribution in [0.3, 0.4) is 0 Å². The summed E-state index contributed by atoms with van der Waals surface area (Å²) in [4.78, 5) is 0. The van der Waals surface area contributed by atoms with Crippen LogP contribution in [-0.2, 0) is 0 Å². The molecule has 0 saturated heterocycles. The normalized spacial score (nSPS) is 18.1. The van der Waals surface area contributed by atoms with Gasteiger partial charge in [0.25, 0.3) is 0 Å². The summed E-state index contributed by atoms with van der Waals surface area (Å²) in [6.07, 6.45) is 9.13. The van der Waals surface area contributed by atoms with Gasteiger partial charge in [-0.1, -0.05) is 49.1 Å². The third kappa shape index (κ3) is 3.17. The van der Waals surface area contributed by atoms with Gasteiger partial charge in [-0.15, -0.1) is 11.6 Å². The molecule has 0 radical (unpaired) electrons. The van der Waals surface area contributed by atoms with Gasteiger partial charge in [0.1, 0.15) is 0 Å². The van der Waals surface area contributed by atoms with Crippen LogP contribution in [0.25, 0.3) is 6.08 Å². The zero-order valence-electron chi connectivity index (χ0n) is 11.5. The van der Waals surface area contributed by atoms with Crippen molar-refractivity contribution in [1.29, 1.82) is 0 Å². The topological polar surface area (TPSA) is 0 Å². The Morgan fingerprint density at radius 2 is 1.78 bits per heavy atom. The van der Waals surface area contributed by atoms with Gasteiger partial charge in [-0.2, -0.15) is 0 Å². The Morgan fingerprint density at radius 1 is 1.17 bits per heavy atom. The highest BCUT2D eigenvalue weighted by molar-refractivity contribution is 6.19. The van der Waals surface area contributed by atoms with Crippen molar-refractivity contribution in [3.63, 3.8) is 0 Å². The second-order valence-corrected chi connectivity index (χ2v) is 5.76. The molecule has 1 aromatic carbocycles. The van der Waals surface area contributed by atoms with E-state index in [1.54, 1.807) is 0 Å². The Morgan fingerprint density at radius 3 is 2.33 bits per heavy atom. The van der Waals surface area contributed by atoms with Gasteiger partial charge in [-0.3, -0.25) is 0 Å². The van der Waals surface area contributed by atoms with Gasteiger partial charge in [0, 0.05) is 5.88 Å². The van der Waals surface area contributed by atoms with Crippen LogP contribution in [0.4, 0.5) is 0 Å². The van der Waals surface area contributed by atoms with Gasteiger partial charge in [0.2, 0.25) is 0 Å². The van der Waals surface area contributed by atoms with Crippen molar-refractivity contribution in [2.24, 2.45) is 5.92 Å². The lowest BCUT2D eigenvalue weighted by atomic mass is 9.83. The van der Waals surface area contributed by atoms with Crippen molar-refractivity contribution in [2.75, 3.05) is 5.88 Å². The van der Waals surface area contributed by atoms with Gasteiger partial charge >= 0.3 is 0 Å². The molecule has 0 heterocycles. The molecule has 0 atom stereocenters. The van der Waals surface area contributed by atoms with E-state index in [1.807, 2.05) is 0 Å². The molecule has 1 aliphatic rings. The number of rotatable bonds is 3. The maximum Gasteiger partial charge on any atom is 0.0439 e. The second-order valence-electron chi connectivity index (χ2n) is 5.49. The molecule has 1 fully saturated rings. The molecule has 0 unspecified atom stereocenters. The molecule has 18 heavy (non-hydrogen) atoms. The SMILES string of the molecule is Cc1cccc(C)c1/C=C(/CCl)C1CCCCC1. The summed E-state index contributed by atoms with van der Waals surface area (Å²) in [6, 6.07) is 6.50. The molecule has 0 aromatic heterocycles. The third-order valence-electron chi connectivity index (χ3n) is 4.16. The number of benzene rings is 1. The summed E-state index contributed by atoms with van der Waals surface area (Å²) in [5.74, 6) is 1.40. The molecular weight excluding hydrogens is 240 g/mol. The van der Waals surface area contributed by atoms with E-state index >= 15 is 0 Å². The van der Waals surface area contributed by atoms with Gasteiger partial charge < -0.3 is 0 Å². The van der Waals surface area contributed by atoms with E-state index < -0.39 is 0 Å². The molecule has 0 bridgehead atoms. The zero-order chi connectivity index (χ0) is 13.0. The van der Waals surface area contributed by atoms with Crippen LogP contribution in [0.5, 0.6) is 0 Å². The summed E-state index contributed by atoms with van der Waals surface area (Å²) >= 11 is 6.19. The minimum atomic E-state index is 0.679. The van der Waals surface area contributed by atoms with Crippen LogP contribution in [-0.4, -0.2) is 5.88 Å². The van der Waals surface area contributed by atoms with E-state index in [0.29, 0.717) is 5.88 Å². The quantitative estimate of drug-likeness (QED) is 0.631. The molecule has 98 valence electrons. The first-order valence-corrected chi connectivity index (χ1v) is 7.58. The zero-order valence-corrected chi connectivity index (χ0v) is 12.3. The van der Waals surface area contributed by atoms with Crippen molar-refractivity contribution < 1.29 is 0 Å². The molecule has 0 nitrogen and oxygen atoms in total. The average Bonchev–Trinajstić information content (AvgIpc) is 2.40. The minimum absolute atomic E-state index is 0.679. The Hall–Kier alpha value is -0.750. The molecule has 1 saturated carbocycles. The Labute approximate surface area is 116 Å². The largest absolute Gasteiger partial charge is 0.122 e. The highest BCUT2D eigenvalue weighted by atomic mass is 35.5. The van der Waals surface area contributed by atoms with E-state index in [0.717, 1.165) is 5.92 Å². The van der Waals surface area contributed by atoms with Gasteiger partial charge in [0.15, 0.2) is 0 Å². The van der Waals surface area contributed by atoms with E-state index in [1.165, 1.54) is 54.4 Å². The lowest BCUT2D eigenvalue weighted by molar-refractivity contribution is 0.405. The van der Waals surface area contributed by atoms with Crippen LogP contribution < -0.4 is 0 Å². The van der Waals surface area contributed by atoms with Gasteiger partial charge in [0.05, 0.1) is 0 Å². The summed E-state index contributed by atoms with van der Waals surface area (Å²) in [7, 11) is 0. The summed E-state index contributed by atoms with van der Waals surface area (Å²) in [5, 5.41) is 0. The van der Waals surface area contributed by atoms with Crippen LogP contribution in [0, 0.1) is 19.8 Å². The van der Waals surface area contributed by atoms with Crippen molar-refractivity contribution in [3.05, 3.63) is 40.5 Å². The highest BCUT2D eigenvalue weighted by Crippen LogP contribution is 2.32. The lowest BCUT2D eigenvalue weighted by Gasteiger charge is -2.24. The second kappa shape index (κ2) is 6.43. The van der Waals surface area contributed by atoms with E-state index in [9.17, 15) is 0 Å². The number of allylic oxidation sites excluding steroid dienone is 1. The standard InChI is InChI=1S/C17H23Cl/c1-13-7-6-8-14(2)17(13)11-16(12-18)15-9-4-3-5-10-15/h6-8,11,15H,3-5,9-10,12H2,1-2H3/b16-11-. The molecule has 1 aliphatic carbocycles. The number of aryl methyl sites for hydroxylation is 2. The van der Waals surface area contributed by atoms with Crippen LogP contribution >= 0.6 is 11.6 Å². The average molecular weight is 263 g/mol. The summed E-state index contributed by atoms with van der Waals surface area (Å²) < 4.78 is 0. The van der Waals surface area contributed by atoms with Crippen molar-refractivity contribution >= 4 is 17.7 Å². The van der Waals surface area contributed by atoms with Crippen molar-refractivity contribution in [3.8, 4) is 0 Å². The predicted octanol–water partition coefficient (Wildman–Crippen LogP) is 5.51. The third-order valence-corrected chi connectivity index (χ3v) is 4.46. The monoisotopic (exact) mass is 262 g/mol. The number of hydrogen-bond donors (Lipinski definition) is 0. The number of hydrogen-bond acceptors (Lipinski definition) is 0. The predicted molar refractivity (Wildman–Crippen MR) is 81.2 cm³/mol. The molecule has 1 aromatic rings. The van der Waals surface area contributed by atoms with Crippen LogP contribution in [0.2, 0.25) is 0 Å². The first-order valence-electron chi connectivity index (χ1n) is 7.05. The smallest absolute Gasteiger partial charge is 0.0439 e. The van der Waals surface area contributed by atoms with E-state index in [2.05, 4.69) is 38.1 Å². The summed E-state index contributed by atoms with van der Waals surface area (Å²) in [5.41, 5.74) is 5.52. The van der Waals surface area contributed by atoms with Crippen LogP contribution in [0.1, 0.15) is 48.8 Å². The first-order chi connectivity index (χ1) is 8.72. The van der Waals surface area contributed by atoms with E-state index in [-0.39, 0.29) is 0 Å². The fraction of sp³-hybridized carbons (Fsp3) is 0.529. The Bertz CT molecular complexity index is 405. The molecule has 2 rings (SSSR count). The maximum atomic E-state index is 6.19. The first kappa shape index (κ1) is 13.7. The minimum Gasteiger partial charge on any atom is -0.122 e. The lowest BCUT2D eigenvalue weighted by Crippen LogP contribution is -2.10. The van der Waals surface area contributed by atoms with Crippen LogP contribution in [0.15, 0.2) is 23.8 Å². The van der Waals surface area contributed by atoms with Gasteiger partial charge in [-0.05, 0) is 49.3 Å². The molecule has 0 aliphatic heterocycles. The highest BCUT2D eigenvalue weighted by Gasteiger charge is 2.17. The molecule has 0 N–H and O–H groups in total. The number of halogens is 1. The molecular formula is C17H23Cl. The molecule has 1 heteroatoms. The fourth-order valence-corrected chi connectivity index (χ4v) is 3.27. The molecule has 0 amide bonds. The van der Waals surface area contributed by atoms with Gasteiger partial charge in [-0.25, -0.2) is 0 Å². The molecule has 0 spiro atoms. The van der Waals surface area contributed by atoms with Crippen molar-refractivity contribution in [2.45, 2.75) is 46.0 Å². The Balaban J connectivity index is 2.28.